The summed E-state index contributed by atoms with van der Waals surface area (Å²) in [4.78, 5) is 2.28. The number of hydrogen-bond donors (Lipinski definition) is 2. The number of aromatic nitrogens is 3. The SMILES string of the molecule is CN1CCOC(CNCc2cn(CCCO)nn2)C1. The summed E-state index contributed by atoms with van der Waals surface area (Å²) >= 11 is 0. The Kier molecular flexibility index (Phi) is 5.71. The lowest BCUT2D eigenvalue weighted by Crippen LogP contribution is -2.44. The summed E-state index contributed by atoms with van der Waals surface area (Å²) in [6.45, 7) is 5.20. The molecule has 1 fully saturated rings. The lowest BCUT2D eigenvalue weighted by Gasteiger charge is -2.30. The van der Waals surface area contributed by atoms with Crippen molar-refractivity contribution in [2.24, 2.45) is 0 Å². The van der Waals surface area contributed by atoms with Gasteiger partial charge in [0, 0.05) is 45.5 Å². The van der Waals surface area contributed by atoms with Crippen LogP contribution in [0.1, 0.15) is 12.1 Å². The summed E-state index contributed by atoms with van der Waals surface area (Å²) in [7, 11) is 2.11. The average Bonchev–Trinajstić information content (AvgIpc) is 2.84. The monoisotopic (exact) mass is 269 g/mol. The molecule has 1 aromatic rings. The van der Waals surface area contributed by atoms with Gasteiger partial charge in [-0.25, -0.2) is 0 Å². The number of aliphatic hydroxyl groups is 1. The maximum absolute atomic E-state index is 8.75. The second kappa shape index (κ2) is 7.54. The number of ether oxygens (including phenoxy) is 1. The van der Waals surface area contributed by atoms with Crippen LogP contribution in [-0.4, -0.2) is 71.0 Å². The molecule has 2 N–H and O–H groups in total. The van der Waals surface area contributed by atoms with Crippen LogP contribution in [0.2, 0.25) is 0 Å². The Morgan fingerprint density at radius 2 is 2.47 bits per heavy atom. The smallest absolute Gasteiger partial charge is 0.0964 e. The number of nitrogens with zero attached hydrogens (tertiary/aromatic N) is 4. The molecule has 0 spiro atoms. The Balaban J connectivity index is 1.66. The summed E-state index contributed by atoms with van der Waals surface area (Å²) in [6.07, 6.45) is 2.87. The molecule has 0 bridgehead atoms. The molecule has 7 nitrogen and oxygen atoms in total. The van der Waals surface area contributed by atoms with Crippen molar-refractivity contribution in [1.29, 1.82) is 0 Å². The van der Waals surface area contributed by atoms with Gasteiger partial charge in [-0.1, -0.05) is 5.21 Å². The molecule has 1 saturated heterocycles. The van der Waals surface area contributed by atoms with E-state index >= 15 is 0 Å². The van der Waals surface area contributed by atoms with Crippen molar-refractivity contribution in [3.8, 4) is 0 Å². The second-order valence-corrected chi connectivity index (χ2v) is 4.94. The number of rotatable bonds is 7. The summed E-state index contributed by atoms with van der Waals surface area (Å²) in [5.41, 5.74) is 0.919. The molecule has 0 aromatic carbocycles. The second-order valence-electron chi connectivity index (χ2n) is 4.94. The first-order valence-electron chi connectivity index (χ1n) is 6.78. The van der Waals surface area contributed by atoms with Gasteiger partial charge in [0.1, 0.15) is 0 Å². The highest BCUT2D eigenvalue weighted by Crippen LogP contribution is 2.02. The first kappa shape index (κ1) is 14.4. The minimum absolute atomic E-state index is 0.181. The van der Waals surface area contributed by atoms with Crippen LogP contribution in [0.15, 0.2) is 6.20 Å². The van der Waals surface area contributed by atoms with Gasteiger partial charge in [0.05, 0.1) is 18.4 Å². The molecule has 2 rings (SSSR count). The normalized spacial score (nSPS) is 20.8. The quantitative estimate of drug-likeness (QED) is 0.667. The zero-order valence-electron chi connectivity index (χ0n) is 11.5. The molecule has 2 heterocycles. The molecule has 0 amide bonds. The van der Waals surface area contributed by atoms with E-state index in [0.717, 1.165) is 31.9 Å². The van der Waals surface area contributed by atoms with Crippen LogP contribution in [-0.2, 0) is 17.8 Å². The predicted octanol–water partition coefficient (Wildman–Crippen LogP) is -0.919. The number of nitrogens with one attached hydrogen (secondary N) is 1. The van der Waals surface area contributed by atoms with Crippen molar-refractivity contribution in [3.63, 3.8) is 0 Å². The van der Waals surface area contributed by atoms with Gasteiger partial charge in [0.15, 0.2) is 0 Å². The van der Waals surface area contributed by atoms with Gasteiger partial charge < -0.3 is 20.1 Å². The zero-order valence-corrected chi connectivity index (χ0v) is 11.5. The van der Waals surface area contributed by atoms with Gasteiger partial charge in [-0.05, 0) is 13.5 Å². The van der Waals surface area contributed by atoms with Crippen LogP contribution < -0.4 is 5.32 Å². The molecule has 19 heavy (non-hydrogen) atoms. The molecule has 1 atom stereocenters. The fraction of sp³-hybridized carbons (Fsp3) is 0.833. The maximum Gasteiger partial charge on any atom is 0.0964 e. The fourth-order valence-corrected chi connectivity index (χ4v) is 2.11. The molecule has 1 unspecified atom stereocenters. The Morgan fingerprint density at radius 3 is 3.26 bits per heavy atom. The van der Waals surface area contributed by atoms with E-state index in [0.29, 0.717) is 19.5 Å². The first-order chi connectivity index (χ1) is 9.28. The van der Waals surface area contributed by atoms with Crippen molar-refractivity contribution in [1.82, 2.24) is 25.2 Å². The van der Waals surface area contributed by atoms with Gasteiger partial charge in [0.2, 0.25) is 0 Å². The minimum atomic E-state index is 0.181. The number of likely N-dealkylation sites (N-methyl/N-ethyl adjacent to an activating group) is 1. The van der Waals surface area contributed by atoms with E-state index < -0.39 is 0 Å². The molecular formula is C12H23N5O2. The van der Waals surface area contributed by atoms with Crippen molar-refractivity contribution < 1.29 is 9.84 Å². The maximum atomic E-state index is 8.75. The van der Waals surface area contributed by atoms with Crippen molar-refractivity contribution in [3.05, 3.63) is 11.9 Å². The van der Waals surface area contributed by atoms with Crippen molar-refractivity contribution >= 4 is 0 Å². The van der Waals surface area contributed by atoms with Crippen molar-refractivity contribution in [2.45, 2.75) is 25.6 Å². The van der Waals surface area contributed by atoms with E-state index in [1.165, 1.54) is 0 Å². The Bertz CT molecular complexity index is 371. The molecule has 0 saturated carbocycles. The molecule has 108 valence electrons. The summed E-state index contributed by atoms with van der Waals surface area (Å²) in [5.74, 6) is 0. The van der Waals surface area contributed by atoms with Crippen LogP contribution in [0.3, 0.4) is 0 Å². The summed E-state index contributed by atoms with van der Waals surface area (Å²) in [5, 5.41) is 20.2. The average molecular weight is 269 g/mol. The van der Waals surface area contributed by atoms with E-state index in [1.807, 2.05) is 6.20 Å². The summed E-state index contributed by atoms with van der Waals surface area (Å²) < 4.78 is 7.43. The van der Waals surface area contributed by atoms with E-state index in [4.69, 9.17) is 9.84 Å². The van der Waals surface area contributed by atoms with Gasteiger partial charge in [-0.2, -0.15) is 0 Å². The lowest BCUT2D eigenvalue weighted by molar-refractivity contribution is -0.0182. The van der Waals surface area contributed by atoms with Crippen LogP contribution in [0.4, 0.5) is 0 Å². The van der Waals surface area contributed by atoms with Crippen LogP contribution in [0.5, 0.6) is 0 Å². The number of aliphatic hydroxyl groups excluding tert-OH is 1. The molecule has 1 aliphatic heterocycles. The van der Waals surface area contributed by atoms with Gasteiger partial charge in [0.25, 0.3) is 0 Å². The third kappa shape index (κ3) is 4.87. The standard InChI is InChI=1S/C12H23N5O2/c1-16-4-6-19-12(10-16)8-13-7-11-9-17(15-14-11)3-2-5-18/h9,12-13,18H,2-8,10H2,1H3. The highest BCUT2D eigenvalue weighted by Gasteiger charge is 2.16. The third-order valence-corrected chi connectivity index (χ3v) is 3.15. The topological polar surface area (TPSA) is 75.4 Å². The van der Waals surface area contributed by atoms with E-state index in [1.54, 1.807) is 4.68 Å². The minimum Gasteiger partial charge on any atom is -0.396 e. The van der Waals surface area contributed by atoms with Gasteiger partial charge in [-0.15, -0.1) is 5.10 Å². The Morgan fingerprint density at radius 1 is 1.58 bits per heavy atom. The van der Waals surface area contributed by atoms with Crippen LogP contribution in [0.25, 0.3) is 0 Å². The van der Waals surface area contributed by atoms with Crippen LogP contribution >= 0.6 is 0 Å². The van der Waals surface area contributed by atoms with Crippen molar-refractivity contribution in [2.75, 3.05) is 39.9 Å². The van der Waals surface area contributed by atoms with E-state index in [2.05, 4.69) is 27.6 Å². The zero-order chi connectivity index (χ0) is 13.5. The highest BCUT2D eigenvalue weighted by atomic mass is 16.5. The molecule has 1 aliphatic rings. The first-order valence-corrected chi connectivity index (χ1v) is 6.78. The number of hydrogen-bond acceptors (Lipinski definition) is 6. The van der Waals surface area contributed by atoms with Crippen LogP contribution in [0, 0.1) is 0 Å². The van der Waals surface area contributed by atoms with Gasteiger partial charge in [-0.3, -0.25) is 4.68 Å². The summed E-state index contributed by atoms with van der Waals surface area (Å²) in [6, 6.07) is 0. The molecule has 0 aliphatic carbocycles. The van der Waals surface area contributed by atoms with E-state index in [-0.39, 0.29) is 12.7 Å². The largest absolute Gasteiger partial charge is 0.396 e. The van der Waals surface area contributed by atoms with Gasteiger partial charge >= 0.3 is 0 Å². The Labute approximate surface area is 113 Å². The highest BCUT2D eigenvalue weighted by molar-refractivity contribution is 4.91. The predicted molar refractivity (Wildman–Crippen MR) is 70.7 cm³/mol. The lowest BCUT2D eigenvalue weighted by atomic mass is 10.3. The molecular weight excluding hydrogens is 246 g/mol. The Hall–Kier alpha value is -1.02. The number of aryl methyl sites for hydroxylation is 1. The fourth-order valence-electron chi connectivity index (χ4n) is 2.11. The molecule has 0 radical (unpaired) electrons. The van der Waals surface area contributed by atoms with E-state index in [9.17, 15) is 0 Å². The third-order valence-electron chi connectivity index (χ3n) is 3.15. The number of morpholine rings is 1. The molecule has 7 heteroatoms. The molecule has 1 aromatic heterocycles.